The number of halogens is 1. The number of amides is 1. The second kappa shape index (κ2) is 7.24. The summed E-state index contributed by atoms with van der Waals surface area (Å²) in [7, 11) is 0. The molecular weight excluding hydrogens is 342 g/mol. The maximum absolute atomic E-state index is 12.7. The van der Waals surface area contributed by atoms with Gasteiger partial charge in [0, 0.05) is 24.0 Å². The number of nitrogens with zero attached hydrogens (tertiary/aromatic N) is 1. The lowest BCUT2D eigenvalue weighted by molar-refractivity contribution is -0.154. The van der Waals surface area contributed by atoms with Crippen molar-refractivity contribution in [2.75, 3.05) is 19.7 Å². The van der Waals surface area contributed by atoms with Gasteiger partial charge in [0.2, 0.25) is 0 Å². The van der Waals surface area contributed by atoms with Crippen LogP contribution in [0.15, 0.2) is 24.3 Å². The van der Waals surface area contributed by atoms with Crippen LogP contribution >= 0.6 is 11.6 Å². The molecule has 0 spiro atoms. The van der Waals surface area contributed by atoms with E-state index in [2.05, 4.69) is 0 Å². The van der Waals surface area contributed by atoms with Crippen molar-refractivity contribution in [1.29, 1.82) is 0 Å². The van der Waals surface area contributed by atoms with Crippen molar-refractivity contribution in [3.05, 3.63) is 34.9 Å². The minimum Gasteiger partial charge on any atom is -0.466 e. The van der Waals surface area contributed by atoms with Gasteiger partial charge >= 0.3 is 12.1 Å². The van der Waals surface area contributed by atoms with E-state index in [0.717, 1.165) is 5.56 Å². The van der Waals surface area contributed by atoms with Crippen LogP contribution in [0.25, 0.3) is 0 Å². The van der Waals surface area contributed by atoms with Crippen molar-refractivity contribution in [3.8, 4) is 0 Å². The fourth-order valence-electron chi connectivity index (χ4n) is 3.16. The van der Waals surface area contributed by atoms with Crippen molar-refractivity contribution < 1.29 is 19.1 Å². The first-order chi connectivity index (χ1) is 11.6. The molecule has 0 unspecified atom stereocenters. The van der Waals surface area contributed by atoms with Crippen LogP contribution in [-0.4, -0.2) is 42.3 Å². The molecule has 0 saturated carbocycles. The van der Waals surface area contributed by atoms with Crippen molar-refractivity contribution in [2.45, 2.75) is 46.1 Å². The fraction of sp³-hybridized carbons (Fsp3) is 0.579. The number of hydrogen-bond donors (Lipinski definition) is 0. The highest BCUT2D eigenvalue weighted by molar-refractivity contribution is 6.31. The quantitative estimate of drug-likeness (QED) is 0.749. The van der Waals surface area contributed by atoms with E-state index in [0.29, 0.717) is 11.6 Å². The van der Waals surface area contributed by atoms with E-state index in [1.54, 1.807) is 17.9 Å². The van der Waals surface area contributed by atoms with Crippen molar-refractivity contribution >= 4 is 23.7 Å². The molecule has 1 amide bonds. The molecule has 1 aromatic rings. The number of carbonyl (C=O) groups excluding carboxylic acids is 2. The molecule has 5 nitrogen and oxygen atoms in total. The van der Waals surface area contributed by atoms with Crippen LogP contribution in [0.5, 0.6) is 0 Å². The number of carbonyl (C=O) groups is 2. The smallest absolute Gasteiger partial charge is 0.410 e. The largest absolute Gasteiger partial charge is 0.466 e. The molecular formula is C19H26ClNO4. The number of esters is 1. The Balaban J connectivity index is 2.36. The van der Waals surface area contributed by atoms with Crippen LogP contribution in [0.4, 0.5) is 4.79 Å². The number of ether oxygens (including phenoxy) is 2. The molecule has 2 atom stereocenters. The van der Waals surface area contributed by atoms with E-state index in [4.69, 9.17) is 21.1 Å². The molecule has 0 aliphatic carbocycles. The summed E-state index contributed by atoms with van der Waals surface area (Å²) >= 11 is 6.36. The van der Waals surface area contributed by atoms with Gasteiger partial charge in [-0.15, -0.1) is 0 Å². The number of benzene rings is 1. The van der Waals surface area contributed by atoms with Crippen LogP contribution in [0.3, 0.4) is 0 Å². The third kappa shape index (κ3) is 4.27. The van der Waals surface area contributed by atoms with E-state index in [1.807, 2.05) is 45.9 Å². The van der Waals surface area contributed by atoms with Crippen LogP contribution in [0, 0.1) is 5.41 Å². The van der Waals surface area contributed by atoms with E-state index in [1.165, 1.54) is 0 Å². The number of hydrogen-bond acceptors (Lipinski definition) is 4. The summed E-state index contributed by atoms with van der Waals surface area (Å²) in [4.78, 5) is 26.7. The molecule has 1 aliphatic heterocycles. The van der Waals surface area contributed by atoms with Crippen molar-refractivity contribution in [1.82, 2.24) is 4.90 Å². The summed E-state index contributed by atoms with van der Waals surface area (Å²) in [5, 5.41) is 0.578. The zero-order valence-electron chi connectivity index (χ0n) is 15.5. The zero-order chi connectivity index (χ0) is 18.8. The van der Waals surface area contributed by atoms with Gasteiger partial charge in [0.05, 0.1) is 12.0 Å². The second-order valence-electron chi connectivity index (χ2n) is 7.57. The predicted octanol–water partition coefficient (Wildman–Crippen LogP) is 4.24. The van der Waals surface area contributed by atoms with E-state index < -0.39 is 17.1 Å². The molecule has 1 fully saturated rings. The van der Waals surface area contributed by atoms with Crippen molar-refractivity contribution in [2.24, 2.45) is 5.41 Å². The van der Waals surface area contributed by atoms with E-state index in [9.17, 15) is 9.59 Å². The van der Waals surface area contributed by atoms with Crippen LogP contribution in [-0.2, 0) is 14.3 Å². The van der Waals surface area contributed by atoms with Gasteiger partial charge < -0.3 is 14.4 Å². The minimum absolute atomic E-state index is 0.233. The third-order valence-electron chi connectivity index (χ3n) is 4.37. The highest BCUT2D eigenvalue weighted by Crippen LogP contribution is 2.46. The molecule has 1 aromatic carbocycles. The summed E-state index contributed by atoms with van der Waals surface area (Å²) < 4.78 is 10.8. The topological polar surface area (TPSA) is 55.8 Å². The molecule has 25 heavy (non-hydrogen) atoms. The Kier molecular flexibility index (Phi) is 5.67. The average Bonchev–Trinajstić information content (AvgIpc) is 2.86. The molecule has 138 valence electrons. The normalized spacial score (nSPS) is 23.4. The molecule has 0 N–H and O–H groups in total. The Hall–Kier alpha value is -1.75. The first kappa shape index (κ1) is 19.6. The second-order valence-corrected chi connectivity index (χ2v) is 7.98. The predicted molar refractivity (Wildman–Crippen MR) is 96.7 cm³/mol. The van der Waals surface area contributed by atoms with E-state index in [-0.39, 0.29) is 25.0 Å². The summed E-state index contributed by atoms with van der Waals surface area (Å²) in [6.07, 6.45) is -0.433. The zero-order valence-corrected chi connectivity index (χ0v) is 16.2. The van der Waals surface area contributed by atoms with E-state index >= 15 is 0 Å². The molecule has 0 radical (unpaired) electrons. The molecule has 0 bridgehead atoms. The highest BCUT2D eigenvalue weighted by Gasteiger charge is 2.52. The monoisotopic (exact) mass is 367 g/mol. The third-order valence-corrected chi connectivity index (χ3v) is 4.71. The Morgan fingerprint density at radius 1 is 1.32 bits per heavy atom. The molecule has 2 rings (SSSR count). The number of likely N-dealkylation sites (tertiary alicyclic amines) is 1. The fourth-order valence-corrected chi connectivity index (χ4v) is 3.43. The molecule has 0 aromatic heterocycles. The van der Waals surface area contributed by atoms with Crippen molar-refractivity contribution in [3.63, 3.8) is 0 Å². The molecule has 1 heterocycles. The maximum Gasteiger partial charge on any atom is 0.410 e. The highest BCUT2D eigenvalue weighted by atomic mass is 35.5. The van der Waals surface area contributed by atoms with Gasteiger partial charge in [0.1, 0.15) is 5.60 Å². The summed E-state index contributed by atoms with van der Waals surface area (Å²) in [5.74, 6) is -0.584. The SMILES string of the molecule is CCOC(=O)[C@@]1(C)CN(C(=O)OC(C)(C)C)C[C@H]1c1ccccc1Cl. The van der Waals surface area contributed by atoms with Gasteiger partial charge in [0.15, 0.2) is 0 Å². The summed E-state index contributed by atoms with van der Waals surface area (Å²) in [5.41, 5.74) is -0.636. The number of rotatable bonds is 3. The summed E-state index contributed by atoms with van der Waals surface area (Å²) in [6, 6.07) is 7.40. The lowest BCUT2D eigenvalue weighted by Gasteiger charge is -2.28. The van der Waals surface area contributed by atoms with Crippen LogP contribution in [0.1, 0.15) is 46.1 Å². The van der Waals surface area contributed by atoms with Gasteiger partial charge in [0.25, 0.3) is 0 Å². The Labute approximate surface area is 154 Å². The van der Waals surface area contributed by atoms with Gasteiger partial charge in [-0.2, -0.15) is 0 Å². The average molecular weight is 368 g/mol. The van der Waals surface area contributed by atoms with Crippen LogP contribution < -0.4 is 0 Å². The minimum atomic E-state index is -0.877. The lowest BCUT2D eigenvalue weighted by Crippen LogP contribution is -2.39. The summed E-state index contributed by atoms with van der Waals surface area (Å²) in [6.45, 7) is 9.92. The molecule has 6 heteroatoms. The van der Waals surface area contributed by atoms with Gasteiger partial charge in [-0.1, -0.05) is 29.8 Å². The molecule has 1 aliphatic rings. The first-order valence-electron chi connectivity index (χ1n) is 8.48. The Morgan fingerprint density at radius 2 is 1.96 bits per heavy atom. The first-order valence-corrected chi connectivity index (χ1v) is 8.86. The molecule has 1 saturated heterocycles. The van der Waals surface area contributed by atoms with Gasteiger partial charge in [-0.25, -0.2) is 4.79 Å². The Bertz CT molecular complexity index is 655. The van der Waals surface area contributed by atoms with Gasteiger partial charge in [-0.05, 0) is 46.2 Å². The Morgan fingerprint density at radius 3 is 2.52 bits per heavy atom. The van der Waals surface area contributed by atoms with Gasteiger partial charge in [-0.3, -0.25) is 4.79 Å². The lowest BCUT2D eigenvalue weighted by atomic mass is 9.76. The van der Waals surface area contributed by atoms with Crippen LogP contribution in [0.2, 0.25) is 5.02 Å². The maximum atomic E-state index is 12.7. The standard InChI is InChI=1S/C19H26ClNO4/c1-6-24-16(22)19(5)12-21(17(23)25-18(2,3)4)11-14(19)13-9-7-8-10-15(13)20/h7-10,14H,6,11-12H2,1-5H3/t14-,19-/m0/s1.